The summed E-state index contributed by atoms with van der Waals surface area (Å²) in [6.45, 7) is 15.2. The van der Waals surface area contributed by atoms with Crippen LogP contribution in [0.5, 0.6) is 11.9 Å². The zero-order valence-corrected chi connectivity index (χ0v) is 25.6. The van der Waals surface area contributed by atoms with Gasteiger partial charge in [-0.1, -0.05) is 18.7 Å². The number of hydrogen-bond acceptors (Lipinski definition) is 8. The molecule has 2 aromatic carbocycles. The fourth-order valence-electron chi connectivity index (χ4n) is 7.22. The maximum absolute atomic E-state index is 14.8. The first-order valence-electron chi connectivity index (χ1n) is 15.0. The third-order valence-electron chi connectivity index (χ3n) is 9.49. The number of carbonyl (C=O) groups is 1. The van der Waals surface area contributed by atoms with E-state index >= 15 is 0 Å². The standard InChI is InChI=1S/C33H32F2N6O3S/c1-4-26(42)41-13-10-25(18(41)2)44-31-22-7-6-19(21-8-9-23(35)29-27(21)28(37-3)30(36)45-29)14-24(22)38-32(39-31)43-17-33-11-5-12-40(33)16-20(34)15-33/h4,6-9,14,18,20,25H,1,5,10-13,15-17,36H2,2H3/t18-,20-,25-,33+/m1/s1. The number of rotatable bonds is 7. The summed E-state index contributed by atoms with van der Waals surface area (Å²) in [6, 6.07) is 8.44. The minimum Gasteiger partial charge on any atom is -0.471 e. The molecule has 45 heavy (non-hydrogen) atoms. The lowest BCUT2D eigenvalue weighted by molar-refractivity contribution is -0.127. The number of nitrogens with zero attached hydrogens (tertiary/aromatic N) is 5. The molecule has 2 N–H and O–H groups in total. The van der Waals surface area contributed by atoms with Gasteiger partial charge in [-0.05, 0) is 61.7 Å². The molecule has 0 saturated carbocycles. The Morgan fingerprint density at radius 1 is 1.31 bits per heavy atom. The molecule has 9 nitrogen and oxygen atoms in total. The zero-order chi connectivity index (χ0) is 31.5. The number of thiophene rings is 1. The molecule has 0 radical (unpaired) electrons. The van der Waals surface area contributed by atoms with Gasteiger partial charge in [0, 0.05) is 31.3 Å². The number of alkyl halides is 1. The summed E-state index contributed by atoms with van der Waals surface area (Å²) in [4.78, 5) is 29.3. The fraction of sp³-hybridized carbons (Fsp3) is 0.394. The van der Waals surface area contributed by atoms with Gasteiger partial charge in [0.15, 0.2) is 0 Å². The van der Waals surface area contributed by atoms with Gasteiger partial charge in [0.05, 0.1) is 38.8 Å². The molecule has 12 heteroatoms. The van der Waals surface area contributed by atoms with Crippen LogP contribution >= 0.6 is 11.3 Å². The lowest BCUT2D eigenvalue weighted by Crippen LogP contribution is -2.43. The van der Waals surface area contributed by atoms with Crippen molar-refractivity contribution in [2.24, 2.45) is 0 Å². The second-order valence-electron chi connectivity index (χ2n) is 12.1. The molecule has 0 aliphatic carbocycles. The third-order valence-corrected chi connectivity index (χ3v) is 10.5. The number of carbonyl (C=O) groups excluding carboxylic acids is 1. The van der Waals surface area contributed by atoms with Crippen LogP contribution in [0.2, 0.25) is 0 Å². The van der Waals surface area contributed by atoms with Crippen LogP contribution in [-0.2, 0) is 4.79 Å². The summed E-state index contributed by atoms with van der Waals surface area (Å²) >= 11 is 1.05. The van der Waals surface area contributed by atoms with Crippen LogP contribution in [0.15, 0.2) is 43.0 Å². The third kappa shape index (κ3) is 4.94. The minimum atomic E-state index is -0.892. The van der Waals surface area contributed by atoms with Gasteiger partial charge in [-0.2, -0.15) is 9.97 Å². The summed E-state index contributed by atoms with van der Waals surface area (Å²) in [5, 5.41) is 1.35. The predicted molar refractivity (Wildman–Crippen MR) is 170 cm³/mol. The normalized spacial score (nSPS) is 24.7. The predicted octanol–water partition coefficient (Wildman–Crippen LogP) is 6.29. The fourth-order valence-corrected chi connectivity index (χ4v) is 8.15. The van der Waals surface area contributed by atoms with E-state index in [9.17, 15) is 13.6 Å². The van der Waals surface area contributed by atoms with Crippen LogP contribution < -0.4 is 15.2 Å². The molecular weight excluding hydrogens is 598 g/mol. The Balaban J connectivity index is 1.29. The van der Waals surface area contributed by atoms with Gasteiger partial charge >= 0.3 is 6.01 Å². The van der Waals surface area contributed by atoms with Crippen LogP contribution in [0.4, 0.5) is 19.5 Å². The van der Waals surface area contributed by atoms with Gasteiger partial charge in [0.2, 0.25) is 17.5 Å². The quantitative estimate of drug-likeness (QED) is 0.189. The van der Waals surface area contributed by atoms with E-state index in [0.29, 0.717) is 63.9 Å². The van der Waals surface area contributed by atoms with Crippen LogP contribution in [-0.4, -0.2) is 75.8 Å². The largest absolute Gasteiger partial charge is 0.471 e. The van der Waals surface area contributed by atoms with Crippen LogP contribution in [0, 0.1) is 12.4 Å². The lowest BCUT2D eigenvalue weighted by atomic mass is 9.95. The lowest BCUT2D eigenvalue weighted by Gasteiger charge is -2.30. The molecule has 2 aromatic heterocycles. The number of benzene rings is 2. The molecule has 3 saturated heterocycles. The summed E-state index contributed by atoms with van der Waals surface area (Å²) in [6.07, 6.45) is 2.94. The SMILES string of the molecule is [C-]#[N+]c1c(N)sc2c(F)ccc(-c3ccc4c(O[C@@H]5CCN(C(=O)C=C)[C@@H]5C)nc(OC[C@@]56CCCN5C[C@H](F)C6)nc4c3)c12. The van der Waals surface area contributed by atoms with Crippen molar-refractivity contribution < 1.29 is 23.0 Å². The molecule has 0 spiro atoms. The average molecular weight is 631 g/mol. The number of halogens is 2. The van der Waals surface area contributed by atoms with Gasteiger partial charge in [-0.3, -0.25) is 9.69 Å². The van der Waals surface area contributed by atoms with E-state index < -0.39 is 12.0 Å². The van der Waals surface area contributed by atoms with Crippen LogP contribution in [0.25, 0.3) is 37.0 Å². The molecule has 3 aliphatic heterocycles. The Morgan fingerprint density at radius 3 is 2.96 bits per heavy atom. The zero-order valence-electron chi connectivity index (χ0n) is 24.8. The van der Waals surface area contributed by atoms with Crippen molar-refractivity contribution in [3.8, 4) is 23.0 Å². The molecule has 3 fully saturated rings. The van der Waals surface area contributed by atoms with E-state index in [0.717, 1.165) is 30.7 Å². The molecule has 0 unspecified atom stereocenters. The van der Waals surface area contributed by atoms with Crippen molar-refractivity contribution in [1.82, 2.24) is 19.8 Å². The maximum Gasteiger partial charge on any atom is 0.320 e. The summed E-state index contributed by atoms with van der Waals surface area (Å²) in [5.41, 5.74) is 7.81. The van der Waals surface area contributed by atoms with Crippen molar-refractivity contribution >= 4 is 48.9 Å². The second kappa shape index (κ2) is 11.2. The molecule has 1 amide bonds. The second-order valence-corrected chi connectivity index (χ2v) is 13.1. The van der Waals surface area contributed by atoms with Crippen molar-refractivity contribution in [2.45, 2.75) is 56.5 Å². The van der Waals surface area contributed by atoms with E-state index in [1.165, 1.54) is 12.1 Å². The molecule has 4 aromatic rings. The molecule has 5 heterocycles. The highest BCUT2D eigenvalue weighted by molar-refractivity contribution is 7.23. The molecule has 7 rings (SSSR count). The van der Waals surface area contributed by atoms with E-state index in [2.05, 4.69) is 21.3 Å². The smallest absolute Gasteiger partial charge is 0.320 e. The first kappa shape index (κ1) is 29.4. The highest BCUT2D eigenvalue weighted by atomic mass is 32.1. The number of likely N-dealkylation sites (tertiary alicyclic amines) is 1. The number of aromatic nitrogens is 2. The van der Waals surface area contributed by atoms with Gasteiger partial charge < -0.3 is 20.1 Å². The molecule has 3 aliphatic rings. The van der Waals surface area contributed by atoms with Gasteiger partial charge in [0.25, 0.3) is 0 Å². The Morgan fingerprint density at radius 2 is 2.16 bits per heavy atom. The molecule has 4 atom stereocenters. The van der Waals surface area contributed by atoms with Crippen molar-refractivity contribution in [3.05, 3.63) is 60.2 Å². The highest BCUT2D eigenvalue weighted by Crippen LogP contribution is 2.47. The maximum atomic E-state index is 14.8. The van der Waals surface area contributed by atoms with Crippen molar-refractivity contribution in [3.63, 3.8) is 0 Å². The number of ether oxygens (including phenoxy) is 2. The van der Waals surface area contributed by atoms with Crippen molar-refractivity contribution in [2.75, 3.05) is 32.0 Å². The number of fused-ring (bicyclic) bond motifs is 3. The minimum absolute atomic E-state index is 0.105. The highest BCUT2D eigenvalue weighted by Gasteiger charge is 2.49. The van der Waals surface area contributed by atoms with E-state index in [1.807, 2.05) is 25.1 Å². The van der Waals surface area contributed by atoms with Gasteiger partial charge in [-0.15, -0.1) is 11.3 Å². The Bertz CT molecular complexity index is 1890. The van der Waals surface area contributed by atoms with Gasteiger partial charge in [0.1, 0.15) is 24.7 Å². The summed E-state index contributed by atoms with van der Waals surface area (Å²) in [7, 11) is 0. The molecular formula is C33H32F2N6O3S. The number of nitrogens with two attached hydrogens (primary N) is 1. The Labute approximate surface area is 263 Å². The van der Waals surface area contributed by atoms with E-state index in [1.54, 1.807) is 11.0 Å². The van der Waals surface area contributed by atoms with Crippen molar-refractivity contribution in [1.29, 1.82) is 0 Å². The van der Waals surface area contributed by atoms with Crippen LogP contribution in [0.3, 0.4) is 0 Å². The number of amides is 1. The van der Waals surface area contributed by atoms with Gasteiger partial charge in [-0.25, -0.2) is 13.6 Å². The first-order valence-corrected chi connectivity index (χ1v) is 15.8. The number of hydrogen-bond donors (Lipinski definition) is 1. The Hall–Kier alpha value is -4.34. The first-order chi connectivity index (χ1) is 21.7. The topological polar surface area (TPSA) is 98.2 Å². The van der Waals surface area contributed by atoms with E-state index in [4.69, 9.17) is 26.8 Å². The monoisotopic (exact) mass is 630 g/mol. The van der Waals surface area contributed by atoms with E-state index in [-0.39, 0.29) is 46.9 Å². The summed E-state index contributed by atoms with van der Waals surface area (Å²) < 4.78 is 42.2. The molecule has 0 bridgehead atoms. The molecule has 232 valence electrons. The number of nitrogen functional groups attached to an aromatic ring is 1. The number of anilines is 1. The van der Waals surface area contributed by atoms with Crippen LogP contribution in [0.1, 0.15) is 32.6 Å². The summed E-state index contributed by atoms with van der Waals surface area (Å²) in [5.74, 6) is -0.281. The average Bonchev–Trinajstić information content (AvgIpc) is 3.76. The Kier molecular flexibility index (Phi) is 7.33.